The van der Waals surface area contributed by atoms with Crippen LogP contribution in [0.25, 0.3) is 0 Å². The highest BCUT2D eigenvalue weighted by molar-refractivity contribution is 5.90. The SMILES string of the molecule is O=C(Nc1ccc(Oc2ccc(NC(=O)NC3CC3)cc2)cc1)NC1CC1. The van der Waals surface area contributed by atoms with Crippen molar-refractivity contribution in [3.63, 3.8) is 0 Å². The molecule has 4 amide bonds. The van der Waals surface area contributed by atoms with Gasteiger partial charge in [0.05, 0.1) is 0 Å². The smallest absolute Gasteiger partial charge is 0.319 e. The lowest BCUT2D eigenvalue weighted by Gasteiger charge is -2.10. The Morgan fingerprint density at radius 2 is 1.04 bits per heavy atom. The fourth-order valence-electron chi connectivity index (χ4n) is 2.51. The van der Waals surface area contributed by atoms with Crippen LogP contribution in [0.1, 0.15) is 25.7 Å². The molecule has 4 rings (SSSR count). The fraction of sp³-hybridized carbons (Fsp3) is 0.300. The van der Waals surface area contributed by atoms with Crippen molar-refractivity contribution >= 4 is 23.4 Å². The molecule has 0 bridgehead atoms. The largest absolute Gasteiger partial charge is 0.457 e. The Bertz CT molecular complexity index is 743. The normalized spacial score (nSPS) is 15.6. The highest BCUT2D eigenvalue weighted by Crippen LogP contribution is 2.25. The third kappa shape index (κ3) is 5.37. The van der Waals surface area contributed by atoms with E-state index in [1.807, 2.05) is 0 Å². The molecule has 0 aliphatic heterocycles. The standard InChI is InChI=1S/C20H22N4O3/c25-19(21-13-1-2-13)23-15-5-9-17(10-6-15)27-18-11-7-16(8-12-18)24-20(26)22-14-3-4-14/h5-14H,1-4H2,(H2,21,23,25)(H2,22,24,26). The molecule has 0 heterocycles. The number of carbonyl (C=O) groups excluding carboxylic acids is 2. The molecule has 2 saturated carbocycles. The second-order valence-corrected chi connectivity index (χ2v) is 6.90. The van der Waals surface area contributed by atoms with Gasteiger partial charge in [-0.25, -0.2) is 9.59 Å². The maximum atomic E-state index is 11.7. The van der Waals surface area contributed by atoms with Crippen LogP contribution in [0.3, 0.4) is 0 Å². The Labute approximate surface area is 157 Å². The number of urea groups is 2. The van der Waals surface area contributed by atoms with Gasteiger partial charge in [-0.2, -0.15) is 0 Å². The van der Waals surface area contributed by atoms with Crippen molar-refractivity contribution < 1.29 is 14.3 Å². The zero-order chi connectivity index (χ0) is 18.6. The van der Waals surface area contributed by atoms with Crippen molar-refractivity contribution in [1.82, 2.24) is 10.6 Å². The van der Waals surface area contributed by atoms with Crippen LogP contribution in [0.5, 0.6) is 11.5 Å². The van der Waals surface area contributed by atoms with Crippen molar-refractivity contribution in [3.8, 4) is 11.5 Å². The number of rotatable bonds is 6. The van der Waals surface area contributed by atoms with Gasteiger partial charge in [0.2, 0.25) is 0 Å². The van der Waals surface area contributed by atoms with Gasteiger partial charge in [0.15, 0.2) is 0 Å². The molecule has 2 aliphatic rings. The molecule has 0 spiro atoms. The third-order valence-electron chi connectivity index (χ3n) is 4.29. The van der Waals surface area contributed by atoms with Gasteiger partial charge in [-0.15, -0.1) is 0 Å². The molecule has 27 heavy (non-hydrogen) atoms. The van der Waals surface area contributed by atoms with Crippen LogP contribution < -0.4 is 26.0 Å². The number of ether oxygens (including phenoxy) is 1. The van der Waals surface area contributed by atoms with Gasteiger partial charge in [-0.1, -0.05) is 0 Å². The molecule has 140 valence electrons. The molecular formula is C20H22N4O3. The highest BCUT2D eigenvalue weighted by Gasteiger charge is 2.23. The summed E-state index contributed by atoms with van der Waals surface area (Å²) in [5.74, 6) is 1.32. The lowest BCUT2D eigenvalue weighted by molar-refractivity contribution is 0.251. The van der Waals surface area contributed by atoms with Gasteiger partial charge in [0.1, 0.15) is 11.5 Å². The molecule has 2 aromatic carbocycles. The van der Waals surface area contributed by atoms with E-state index >= 15 is 0 Å². The topological polar surface area (TPSA) is 91.5 Å². The molecule has 4 N–H and O–H groups in total. The van der Waals surface area contributed by atoms with E-state index in [0.717, 1.165) is 25.7 Å². The van der Waals surface area contributed by atoms with E-state index in [0.29, 0.717) is 35.0 Å². The zero-order valence-electron chi connectivity index (χ0n) is 14.8. The number of hydrogen-bond acceptors (Lipinski definition) is 3. The third-order valence-corrected chi connectivity index (χ3v) is 4.29. The monoisotopic (exact) mass is 366 g/mol. The minimum atomic E-state index is -0.181. The molecule has 2 fully saturated rings. The number of hydrogen-bond donors (Lipinski definition) is 4. The lowest BCUT2D eigenvalue weighted by Crippen LogP contribution is -2.30. The van der Waals surface area contributed by atoms with E-state index in [-0.39, 0.29) is 12.1 Å². The van der Waals surface area contributed by atoms with E-state index in [1.54, 1.807) is 48.5 Å². The van der Waals surface area contributed by atoms with Gasteiger partial charge >= 0.3 is 12.1 Å². The molecule has 2 aromatic rings. The number of amides is 4. The Morgan fingerprint density at radius 3 is 1.37 bits per heavy atom. The second kappa shape index (κ2) is 7.57. The summed E-state index contributed by atoms with van der Waals surface area (Å²) in [4.78, 5) is 23.4. The van der Waals surface area contributed by atoms with Crippen LogP contribution in [-0.2, 0) is 0 Å². The summed E-state index contributed by atoms with van der Waals surface area (Å²) in [5, 5.41) is 11.3. The van der Waals surface area contributed by atoms with Gasteiger partial charge in [-0.3, -0.25) is 0 Å². The number of benzene rings is 2. The summed E-state index contributed by atoms with van der Waals surface area (Å²) in [6.07, 6.45) is 4.22. The molecule has 0 saturated heterocycles. The van der Waals surface area contributed by atoms with Gasteiger partial charge in [-0.05, 0) is 74.2 Å². The summed E-state index contributed by atoms with van der Waals surface area (Å²) in [7, 11) is 0. The Balaban J connectivity index is 1.27. The van der Waals surface area contributed by atoms with E-state index in [2.05, 4.69) is 21.3 Å². The number of anilines is 2. The summed E-state index contributed by atoms with van der Waals surface area (Å²) in [5.41, 5.74) is 1.42. The van der Waals surface area contributed by atoms with Crippen molar-refractivity contribution in [1.29, 1.82) is 0 Å². The molecule has 0 atom stereocenters. The van der Waals surface area contributed by atoms with E-state index in [9.17, 15) is 9.59 Å². The minimum absolute atomic E-state index is 0.181. The predicted octanol–water partition coefficient (Wildman–Crippen LogP) is 4.05. The van der Waals surface area contributed by atoms with Gasteiger partial charge in [0.25, 0.3) is 0 Å². The Hall–Kier alpha value is -3.22. The molecule has 7 nitrogen and oxygen atoms in total. The summed E-state index contributed by atoms with van der Waals surface area (Å²) < 4.78 is 5.79. The Morgan fingerprint density at radius 1 is 0.667 bits per heavy atom. The Kier molecular flexibility index (Phi) is 4.82. The molecule has 7 heteroatoms. The van der Waals surface area contributed by atoms with E-state index < -0.39 is 0 Å². The van der Waals surface area contributed by atoms with Crippen molar-refractivity contribution in [2.24, 2.45) is 0 Å². The van der Waals surface area contributed by atoms with E-state index in [1.165, 1.54) is 0 Å². The number of carbonyl (C=O) groups is 2. The first-order valence-electron chi connectivity index (χ1n) is 9.17. The minimum Gasteiger partial charge on any atom is -0.457 e. The highest BCUT2D eigenvalue weighted by atomic mass is 16.5. The van der Waals surface area contributed by atoms with Crippen LogP contribution in [0.15, 0.2) is 48.5 Å². The van der Waals surface area contributed by atoms with Crippen LogP contribution in [0.4, 0.5) is 21.0 Å². The average Bonchev–Trinajstić information content (AvgIpc) is 3.56. The number of nitrogens with one attached hydrogen (secondary N) is 4. The summed E-state index contributed by atoms with van der Waals surface area (Å²) >= 11 is 0. The maximum absolute atomic E-state index is 11.7. The summed E-state index contributed by atoms with van der Waals surface area (Å²) in [6.45, 7) is 0. The van der Waals surface area contributed by atoms with E-state index in [4.69, 9.17) is 4.74 Å². The van der Waals surface area contributed by atoms with Crippen LogP contribution >= 0.6 is 0 Å². The fourth-order valence-corrected chi connectivity index (χ4v) is 2.51. The molecule has 0 aromatic heterocycles. The van der Waals surface area contributed by atoms with Crippen molar-refractivity contribution in [2.75, 3.05) is 10.6 Å². The first kappa shape index (κ1) is 17.2. The average molecular weight is 366 g/mol. The quantitative estimate of drug-likeness (QED) is 0.622. The van der Waals surface area contributed by atoms with Crippen LogP contribution in [-0.4, -0.2) is 24.1 Å². The van der Waals surface area contributed by atoms with Gasteiger partial charge in [0, 0.05) is 23.5 Å². The predicted molar refractivity (Wildman–Crippen MR) is 103 cm³/mol. The second-order valence-electron chi connectivity index (χ2n) is 6.90. The van der Waals surface area contributed by atoms with Crippen LogP contribution in [0, 0.1) is 0 Å². The van der Waals surface area contributed by atoms with Crippen molar-refractivity contribution in [3.05, 3.63) is 48.5 Å². The molecule has 2 aliphatic carbocycles. The first-order chi connectivity index (χ1) is 13.1. The van der Waals surface area contributed by atoms with Crippen LogP contribution in [0.2, 0.25) is 0 Å². The summed E-state index contributed by atoms with van der Waals surface area (Å²) in [6, 6.07) is 14.6. The zero-order valence-corrected chi connectivity index (χ0v) is 14.8. The first-order valence-corrected chi connectivity index (χ1v) is 9.17. The maximum Gasteiger partial charge on any atom is 0.319 e. The lowest BCUT2D eigenvalue weighted by atomic mass is 10.3. The molecule has 0 radical (unpaired) electrons. The van der Waals surface area contributed by atoms with Gasteiger partial charge < -0.3 is 26.0 Å². The van der Waals surface area contributed by atoms with Crippen molar-refractivity contribution in [2.45, 2.75) is 37.8 Å². The molecule has 0 unspecified atom stereocenters. The molecular weight excluding hydrogens is 344 g/mol.